The molecule has 1 unspecified atom stereocenters. The quantitative estimate of drug-likeness (QED) is 0.838. The third-order valence-electron chi connectivity index (χ3n) is 3.18. The first kappa shape index (κ1) is 15.3. The Morgan fingerprint density at radius 3 is 2.35 bits per heavy atom. The second-order valence-electron chi connectivity index (χ2n) is 4.70. The van der Waals surface area contributed by atoms with Gasteiger partial charge in [0.05, 0.1) is 0 Å². The van der Waals surface area contributed by atoms with Crippen molar-refractivity contribution in [2.24, 2.45) is 0 Å². The van der Waals surface area contributed by atoms with Crippen LogP contribution in [0.25, 0.3) is 0 Å². The summed E-state index contributed by atoms with van der Waals surface area (Å²) in [6.45, 7) is 3.07. The van der Waals surface area contributed by atoms with Crippen molar-refractivity contribution in [2.45, 2.75) is 25.8 Å². The summed E-state index contributed by atoms with van der Waals surface area (Å²) in [5.41, 5.74) is 2.19. The van der Waals surface area contributed by atoms with Crippen LogP contribution in [0.2, 0.25) is 10.0 Å². The third-order valence-corrected chi connectivity index (χ3v) is 3.84. The Labute approximate surface area is 130 Å². The summed E-state index contributed by atoms with van der Waals surface area (Å²) in [5.74, 6) is 0. The van der Waals surface area contributed by atoms with Gasteiger partial charge in [0.15, 0.2) is 0 Å². The monoisotopic (exact) mass is 308 g/mol. The standard InChI is InChI=1S/C16H18Cl2N2/c1-2-8-20-15(11-12-6-9-19-10-7-12)16-13(17)4-3-5-14(16)18/h3-7,9-10,15,20H,2,8,11H2,1H3. The van der Waals surface area contributed by atoms with Crippen LogP contribution in [-0.4, -0.2) is 11.5 Å². The van der Waals surface area contributed by atoms with E-state index in [2.05, 4.69) is 17.2 Å². The lowest BCUT2D eigenvalue weighted by Gasteiger charge is -2.21. The molecule has 1 aromatic carbocycles. The summed E-state index contributed by atoms with van der Waals surface area (Å²) in [6.07, 6.45) is 5.52. The fraction of sp³-hybridized carbons (Fsp3) is 0.312. The second-order valence-corrected chi connectivity index (χ2v) is 5.52. The van der Waals surface area contributed by atoms with E-state index in [1.165, 1.54) is 5.56 Å². The fourth-order valence-corrected chi connectivity index (χ4v) is 2.85. The van der Waals surface area contributed by atoms with Gasteiger partial charge in [-0.05, 0) is 49.2 Å². The molecule has 20 heavy (non-hydrogen) atoms. The molecule has 0 spiro atoms. The highest BCUT2D eigenvalue weighted by atomic mass is 35.5. The molecule has 1 aromatic heterocycles. The zero-order chi connectivity index (χ0) is 14.4. The molecule has 0 saturated heterocycles. The van der Waals surface area contributed by atoms with E-state index in [4.69, 9.17) is 23.2 Å². The normalized spacial score (nSPS) is 12.3. The van der Waals surface area contributed by atoms with Crippen LogP contribution in [-0.2, 0) is 6.42 Å². The Morgan fingerprint density at radius 2 is 1.75 bits per heavy atom. The van der Waals surface area contributed by atoms with Crippen LogP contribution < -0.4 is 5.32 Å². The molecule has 0 aliphatic carbocycles. The molecule has 0 bridgehead atoms. The zero-order valence-electron chi connectivity index (χ0n) is 11.4. The van der Waals surface area contributed by atoms with Crippen molar-refractivity contribution in [2.75, 3.05) is 6.54 Å². The van der Waals surface area contributed by atoms with Gasteiger partial charge in [0.1, 0.15) is 0 Å². The highest BCUT2D eigenvalue weighted by Crippen LogP contribution is 2.32. The van der Waals surface area contributed by atoms with Crippen LogP contribution in [0.3, 0.4) is 0 Å². The largest absolute Gasteiger partial charge is 0.310 e. The Kier molecular flexibility index (Phi) is 5.84. The molecule has 0 aliphatic heterocycles. The smallest absolute Gasteiger partial charge is 0.0468 e. The minimum atomic E-state index is 0.110. The lowest BCUT2D eigenvalue weighted by Crippen LogP contribution is -2.24. The lowest BCUT2D eigenvalue weighted by atomic mass is 9.99. The van der Waals surface area contributed by atoms with Crippen molar-refractivity contribution >= 4 is 23.2 Å². The first-order chi connectivity index (χ1) is 9.72. The lowest BCUT2D eigenvalue weighted by molar-refractivity contribution is 0.529. The van der Waals surface area contributed by atoms with Crippen LogP contribution in [0, 0.1) is 0 Å². The molecule has 2 rings (SSSR count). The molecule has 0 fully saturated rings. The van der Waals surface area contributed by atoms with E-state index in [-0.39, 0.29) is 6.04 Å². The minimum Gasteiger partial charge on any atom is -0.310 e. The van der Waals surface area contributed by atoms with Crippen LogP contribution in [0.5, 0.6) is 0 Å². The number of halogens is 2. The Morgan fingerprint density at radius 1 is 1.10 bits per heavy atom. The number of nitrogens with zero attached hydrogens (tertiary/aromatic N) is 1. The highest BCUT2D eigenvalue weighted by Gasteiger charge is 2.17. The van der Waals surface area contributed by atoms with Crippen molar-refractivity contribution in [1.29, 1.82) is 0 Å². The second kappa shape index (κ2) is 7.63. The number of nitrogens with one attached hydrogen (secondary N) is 1. The molecule has 0 aliphatic rings. The van der Waals surface area contributed by atoms with Crippen molar-refractivity contribution in [1.82, 2.24) is 10.3 Å². The molecule has 2 aromatic rings. The van der Waals surface area contributed by atoms with Crippen molar-refractivity contribution in [3.05, 3.63) is 63.9 Å². The van der Waals surface area contributed by atoms with Gasteiger partial charge in [0.2, 0.25) is 0 Å². The van der Waals surface area contributed by atoms with Gasteiger partial charge < -0.3 is 5.32 Å². The first-order valence-corrected chi connectivity index (χ1v) is 7.54. The number of pyridine rings is 1. The predicted molar refractivity (Wildman–Crippen MR) is 85.4 cm³/mol. The summed E-state index contributed by atoms with van der Waals surface area (Å²) in [7, 11) is 0. The summed E-state index contributed by atoms with van der Waals surface area (Å²) in [4.78, 5) is 4.05. The van der Waals surface area contributed by atoms with Gasteiger partial charge in [-0.2, -0.15) is 0 Å². The van der Waals surface area contributed by atoms with E-state index in [9.17, 15) is 0 Å². The van der Waals surface area contributed by atoms with Gasteiger partial charge in [0.25, 0.3) is 0 Å². The maximum absolute atomic E-state index is 6.33. The average molecular weight is 309 g/mol. The third kappa shape index (κ3) is 3.95. The molecule has 1 atom stereocenters. The van der Waals surface area contributed by atoms with Crippen molar-refractivity contribution < 1.29 is 0 Å². The maximum atomic E-state index is 6.33. The van der Waals surface area contributed by atoms with Gasteiger partial charge in [-0.25, -0.2) is 0 Å². The van der Waals surface area contributed by atoms with E-state index < -0.39 is 0 Å². The number of rotatable bonds is 6. The minimum absolute atomic E-state index is 0.110. The van der Waals surface area contributed by atoms with Gasteiger partial charge in [-0.3, -0.25) is 4.98 Å². The summed E-state index contributed by atoms with van der Waals surface area (Å²) in [5, 5.41) is 4.94. The summed E-state index contributed by atoms with van der Waals surface area (Å²) < 4.78 is 0. The number of aromatic nitrogens is 1. The fourth-order valence-electron chi connectivity index (χ4n) is 2.19. The average Bonchev–Trinajstić information content (AvgIpc) is 2.45. The van der Waals surface area contributed by atoms with Crippen LogP contribution in [0.4, 0.5) is 0 Å². The maximum Gasteiger partial charge on any atom is 0.0468 e. The highest BCUT2D eigenvalue weighted by molar-refractivity contribution is 6.36. The number of benzene rings is 1. The van der Waals surface area contributed by atoms with Crippen molar-refractivity contribution in [3.63, 3.8) is 0 Å². The van der Waals surface area contributed by atoms with Gasteiger partial charge in [-0.1, -0.05) is 36.2 Å². The molecule has 1 N–H and O–H groups in total. The van der Waals surface area contributed by atoms with Crippen LogP contribution in [0.1, 0.15) is 30.5 Å². The Balaban J connectivity index is 2.27. The summed E-state index contributed by atoms with van der Waals surface area (Å²) >= 11 is 12.7. The predicted octanol–water partition coefficient (Wildman–Crippen LogP) is 4.67. The number of hydrogen-bond acceptors (Lipinski definition) is 2. The molecule has 2 nitrogen and oxygen atoms in total. The number of hydrogen-bond donors (Lipinski definition) is 1. The Hall–Kier alpha value is -1.09. The van der Waals surface area contributed by atoms with Crippen LogP contribution >= 0.6 is 23.2 Å². The van der Waals surface area contributed by atoms with E-state index in [1.54, 1.807) is 12.4 Å². The summed E-state index contributed by atoms with van der Waals surface area (Å²) in [6, 6.07) is 9.79. The molecule has 4 heteroatoms. The zero-order valence-corrected chi connectivity index (χ0v) is 13.0. The van der Waals surface area contributed by atoms with Crippen LogP contribution in [0.15, 0.2) is 42.7 Å². The van der Waals surface area contributed by atoms with Crippen molar-refractivity contribution in [3.8, 4) is 0 Å². The molecule has 1 heterocycles. The topological polar surface area (TPSA) is 24.9 Å². The molecular formula is C16H18Cl2N2. The molecule has 0 amide bonds. The molecule has 106 valence electrons. The van der Waals surface area contributed by atoms with E-state index >= 15 is 0 Å². The SMILES string of the molecule is CCCNC(Cc1ccncc1)c1c(Cl)cccc1Cl. The van der Waals surface area contributed by atoms with E-state index in [0.29, 0.717) is 10.0 Å². The molecular weight excluding hydrogens is 291 g/mol. The van der Waals surface area contributed by atoms with E-state index in [1.807, 2.05) is 30.3 Å². The molecule has 0 radical (unpaired) electrons. The van der Waals surface area contributed by atoms with E-state index in [0.717, 1.165) is 24.9 Å². The van der Waals surface area contributed by atoms with Gasteiger partial charge in [-0.15, -0.1) is 0 Å². The van der Waals surface area contributed by atoms with Gasteiger partial charge >= 0.3 is 0 Å². The van der Waals surface area contributed by atoms with Gasteiger partial charge in [0, 0.05) is 34.0 Å². The molecule has 0 saturated carbocycles. The Bertz CT molecular complexity index is 523. The first-order valence-electron chi connectivity index (χ1n) is 6.78.